The third-order valence-corrected chi connectivity index (χ3v) is 3.24. The lowest BCUT2D eigenvalue weighted by Crippen LogP contribution is -1.95. The maximum atomic E-state index is 5.23. The van der Waals surface area contributed by atoms with Gasteiger partial charge < -0.3 is 4.18 Å². The molecule has 0 amide bonds. The van der Waals surface area contributed by atoms with Crippen LogP contribution in [0.25, 0.3) is 0 Å². The van der Waals surface area contributed by atoms with Crippen molar-refractivity contribution in [2.75, 3.05) is 6.61 Å². The predicted molar refractivity (Wildman–Crippen MR) is 71.7 cm³/mol. The van der Waals surface area contributed by atoms with Crippen molar-refractivity contribution in [2.24, 2.45) is 0 Å². The molecule has 78 valence electrons. The van der Waals surface area contributed by atoms with Gasteiger partial charge >= 0.3 is 0 Å². The molecule has 0 fully saturated rings. The van der Waals surface area contributed by atoms with Crippen LogP contribution in [0.3, 0.4) is 0 Å². The van der Waals surface area contributed by atoms with E-state index in [0.29, 0.717) is 0 Å². The molecule has 1 rings (SSSR count). The maximum absolute atomic E-state index is 5.23. The Morgan fingerprint density at radius 1 is 1.29 bits per heavy atom. The molecule has 0 unspecified atom stereocenters. The molecule has 0 saturated carbocycles. The summed E-state index contributed by atoms with van der Waals surface area (Å²) in [4.78, 5) is 0. The van der Waals surface area contributed by atoms with Crippen molar-refractivity contribution in [3.8, 4) is 0 Å². The van der Waals surface area contributed by atoms with Gasteiger partial charge in [0, 0.05) is 21.2 Å². The van der Waals surface area contributed by atoms with Crippen LogP contribution in [0.15, 0.2) is 24.3 Å². The van der Waals surface area contributed by atoms with Crippen LogP contribution in [0.2, 0.25) is 0 Å². The van der Waals surface area contributed by atoms with Crippen LogP contribution in [-0.4, -0.2) is 6.61 Å². The number of benzene rings is 1. The highest BCUT2D eigenvalue weighted by atomic mass is 127. The third kappa shape index (κ3) is 4.19. The van der Waals surface area contributed by atoms with E-state index in [2.05, 4.69) is 52.4 Å². The molecule has 0 spiro atoms. The van der Waals surface area contributed by atoms with Gasteiger partial charge in [-0.25, -0.2) is 0 Å². The Morgan fingerprint density at radius 2 is 2.00 bits per heavy atom. The minimum Gasteiger partial charge on any atom is -0.305 e. The molecule has 0 atom stereocenters. The first-order valence-electron chi connectivity index (χ1n) is 4.85. The minimum atomic E-state index is 0.839. The van der Waals surface area contributed by atoms with Gasteiger partial charge in [0.15, 0.2) is 0 Å². The highest BCUT2D eigenvalue weighted by molar-refractivity contribution is 14.2. The Kier molecular flexibility index (Phi) is 6.64. The molecule has 0 saturated heterocycles. The first-order valence-corrected chi connectivity index (χ1v) is 8.14. The quantitative estimate of drug-likeness (QED) is 0.441. The average Bonchev–Trinajstić information content (AvgIpc) is 2.25. The van der Waals surface area contributed by atoms with Crippen molar-refractivity contribution < 1.29 is 4.18 Å². The first kappa shape index (κ1) is 12.3. The number of aryl methyl sites for hydroxylation is 2. The van der Waals surface area contributed by atoms with Gasteiger partial charge in [-0.15, -0.1) is 0 Å². The lowest BCUT2D eigenvalue weighted by molar-refractivity contribution is 0.371. The van der Waals surface area contributed by atoms with Crippen molar-refractivity contribution in [3.63, 3.8) is 0 Å². The molecule has 0 aliphatic rings. The van der Waals surface area contributed by atoms with E-state index in [9.17, 15) is 0 Å². The van der Waals surface area contributed by atoms with Crippen molar-refractivity contribution >= 4 is 30.4 Å². The Labute approximate surface area is 102 Å². The highest BCUT2D eigenvalue weighted by Crippen LogP contribution is 2.15. The van der Waals surface area contributed by atoms with Crippen LogP contribution < -0.4 is 0 Å². The van der Waals surface area contributed by atoms with Crippen molar-refractivity contribution in [2.45, 2.75) is 26.2 Å². The summed E-state index contributed by atoms with van der Waals surface area (Å²) in [5.41, 5.74) is 2.94. The van der Waals surface area contributed by atoms with Gasteiger partial charge in [-0.2, -0.15) is 0 Å². The van der Waals surface area contributed by atoms with E-state index in [4.69, 9.17) is 4.18 Å². The van der Waals surface area contributed by atoms with Crippen LogP contribution >= 0.6 is 30.4 Å². The molecule has 3 heteroatoms. The SMILES string of the molecule is CCc1ccccc1CCCOSI. The minimum absolute atomic E-state index is 0.839. The fraction of sp³-hybridized carbons (Fsp3) is 0.455. The summed E-state index contributed by atoms with van der Waals surface area (Å²) < 4.78 is 5.23. The van der Waals surface area contributed by atoms with Crippen LogP contribution in [0.5, 0.6) is 0 Å². The van der Waals surface area contributed by atoms with Gasteiger partial charge in [0.05, 0.1) is 15.8 Å². The molecule has 14 heavy (non-hydrogen) atoms. The van der Waals surface area contributed by atoms with Crippen molar-refractivity contribution in [1.82, 2.24) is 0 Å². The molecule has 0 radical (unpaired) electrons. The lowest BCUT2D eigenvalue weighted by atomic mass is 10.0. The van der Waals surface area contributed by atoms with E-state index in [-0.39, 0.29) is 0 Å². The van der Waals surface area contributed by atoms with Crippen molar-refractivity contribution in [3.05, 3.63) is 35.4 Å². The standard InChI is InChI=1S/C11H15IOS/c1-2-10-6-3-4-7-11(10)8-5-9-13-14-12/h3-4,6-7H,2,5,8-9H2,1H3. The average molecular weight is 322 g/mol. The topological polar surface area (TPSA) is 9.23 Å². The van der Waals surface area contributed by atoms with Crippen LogP contribution in [-0.2, 0) is 17.0 Å². The van der Waals surface area contributed by atoms with E-state index in [1.54, 1.807) is 0 Å². The summed E-state index contributed by atoms with van der Waals surface area (Å²) in [5, 5.41) is 0. The monoisotopic (exact) mass is 322 g/mol. The number of halogens is 1. The molecule has 0 heterocycles. The zero-order valence-electron chi connectivity index (χ0n) is 8.33. The first-order chi connectivity index (χ1) is 6.88. The normalized spacial score (nSPS) is 10.4. The zero-order chi connectivity index (χ0) is 10.2. The van der Waals surface area contributed by atoms with Gasteiger partial charge in [0.1, 0.15) is 0 Å². The molecule has 1 aromatic rings. The second-order valence-corrected chi connectivity index (χ2v) is 4.55. The molecule has 0 aliphatic heterocycles. The molecule has 1 nitrogen and oxygen atoms in total. The summed E-state index contributed by atoms with van der Waals surface area (Å²) in [6.07, 6.45) is 3.35. The summed E-state index contributed by atoms with van der Waals surface area (Å²) in [6.45, 7) is 3.04. The molecule has 0 aromatic heterocycles. The smallest absolute Gasteiger partial charge is 0.0650 e. The summed E-state index contributed by atoms with van der Waals surface area (Å²) in [7, 11) is 1.42. The molecular formula is C11H15IOS. The Bertz CT molecular complexity index is 265. The maximum Gasteiger partial charge on any atom is 0.0650 e. The lowest BCUT2D eigenvalue weighted by Gasteiger charge is -2.06. The Morgan fingerprint density at radius 3 is 2.64 bits per heavy atom. The predicted octanol–water partition coefficient (Wildman–Crippen LogP) is 4.20. The second kappa shape index (κ2) is 7.54. The van der Waals surface area contributed by atoms with E-state index in [0.717, 1.165) is 25.9 Å². The number of hydrogen-bond donors (Lipinski definition) is 0. The van der Waals surface area contributed by atoms with Gasteiger partial charge in [-0.1, -0.05) is 31.2 Å². The summed E-state index contributed by atoms with van der Waals surface area (Å²) >= 11 is 2.15. The largest absolute Gasteiger partial charge is 0.305 e. The number of hydrogen-bond acceptors (Lipinski definition) is 2. The van der Waals surface area contributed by atoms with Crippen LogP contribution in [0.4, 0.5) is 0 Å². The Hall–Kier alpha value is 0.260. The molecule has 0 N–H and O–H groups in total. The Balaban J connectivity index is 2.41. The van der Waals surface area contributed by atoms with Crippen LogP contribution in [0, 0.1) is 0 Å². The van der Waals surface area contributed by atoms with Crippen LogP contribution in [0.1, 0.15) is 24.5 Å². The van der Waals surface area contributed by atoms with E-state index in [1.165, 1.54) is 20.3 Å². The third-order valence-electron chi connectivity index (χ3n) is 2.22. The van der Waals surface area contributed by atoms with Gasteiger partial charge in [0.2, 0.25) is 0 Å². The number of rotatable bonds is 6. The summed E-state index contributed by atoms with van der Waals surface area (Å²) in [6, 6.07) is 8.65. The van der Waals surface area contributed by atoms with E-state index in [1.807, 2.05) is 0 Å². The molecular weight excluding hydrogens is 307 g/mol. The van der Waals surface area contributed by atoms with Gasteiger partial charge in [-0.3, -0.25) is 0 Å². The summed E-state index contributed by atoms with van der Waals surface area (Å²) in [5.74, 6) is 0. The van der Waals surface area contributed by atoms with Crippen molar-refractivity contribution in [1.29, 1.82) is 0 Å². The molecule has 0 aliphatic carbocycles. The highest BCUT2D eigenvalue weighted by Gasteiger charge is 1.99. The molecule has 1 aromatic carbocycles. The second-order valence-electron chi connectivity index (χ2n) is 3.11. The van der Waals surface area contributed by atoms with E-state index >= 15 is 0 Å². The zero-order valence-corrected chi connectivity index (χ0v) is 11.3. The fourth-order valence-electron chi connectivity index (χ4n) is 1.50. The molecule has 0 bridgehead atoms. The van der Waals surface area contributed by atoms with Gasteiger partial charge in [-0.05, 0) is 30.4 Å². The van der Waals surface area contributed by atoms with E-state index < -0.39 is 0 Å². The van der Waals surface area contributed by atoms with Gasteiger partial charge in [0.25, 0.3) is 0 Å². The fourth-order valence-corrected chi connectivity index (χ4v) is 2.22.